The number of hydrogen-bond donors (Lipinski definition) is 1. The third-order valence-electron chi connectivity index (χ3n) is 4.23. The maximum atomic E-state index is 12.8. The van der Waals surface area contributed by atoms with E-state index in [2.05, 4.69) is 22.3 Å². The molecule has 0 aromatic heterocycles. The molecular weight excluding hydrogens is 284 g/mol. The first-order chi connectivity index (χ1) is 10.3. The van der Waals surface area contributed by atoms with Crippen molar-refractivity contribution in [2.45, 2.75) is 24.9 Å². The minimum atomic E-state index is -0.0186. The Hall–Kier alpha value is -1.20. The van der Waals surface area contributed by atoms with Crippen LogP contribution < -0.4 is 10.1 Å². The average Bonchev–Trinajstić information content (AvgIpc) is 3.04. The summed E-state index contributed by atoms with van der Waals surface area (Å²) in [5.41, 5.74) is 1.18. The largest absolute Gasteiger partial charge is 0.497 e. The summed E-state index contributed by atoms with van der Waals surface area (Å²) in [6.45, 7) is 1.79. The standard InChI is InChI=1S/C16H22N2O2S/c1-20-13-5-2-4-12(10-13)15-6-3-8-18(15)16(19)14-11-21-9-7-17-14/h2,4-5,10,14-15,17H,3,6-9,11H2,1H3. The Morgan fingerprint density at radius 3 is 3.14 bits per heavy atom. The number of nitrogens with zero attached hydrogens (tertiary/aromatic N) is 1. The van der Waals surface area contributed by atoms with Crippen LogP contribution in [0, 0.1) is 0 Å². The van der Waals surface area contributed by atoms with Gasteiger partial charge in [-0.2, -0.15) is 11.8 Å². The Morgan fingerprint density at radius 1 is 1.48 bits per heavy atom. The van der Waals surface area contributed by atoms with Crippen LogP contribution in [0.5, 0.6) is 5.75 Å². The van der Waals surface area contributed by atoms with Crippen molar-refractivity contribution >= 4 is 17.7 Å². The lowest BCUT2D eigenvalue weighted by Crippen LogP contribution is -2.50. The second-order valence-electron chi connectivity index (χ2n) is 5.55. The van der Waals surface area contributed by atoms with E-state index in [1.165, 1.54) is 5.56 Å². The molecule has 0 bridgehead atoms. The molecule has 2 aliphatic heterocycles. The van der Waals surface area contributed by atoms with E-state index in [0.717, 1.165) is 43.2 Å². The molecule has 1 N–H and O–H groups in total. The van der Waals surface area contributed by atoms with E-state index in [-0.39, 0.29) is 18.0 Å². The second-order valence-corrected chi connectivity index (χ2v) is 6.70. The third-order valence-corrected chi connectivity index (χ3v) is 5.30. The predicted molar refractivity (Wildman–Crippen MR) is 85.8 cm³/mol. The van der Waals surface area contributed by atoms with Crippen molar-refractivity contribution in [1.82, 2.24) is 10.2 Å². The summed E-state index contributed by atoms with van der Waals surface area (Å²) < 4.78 is 5.31. The zero-order valence-corrected chi connectivity index (χ0v) is 13.2. The van der Waals surface area contributed by atoms with Crippen molar-refractivity contribution < 1.29 is 9.53 Å². The molecule has 2 unspecified atom stereocenters. The topological polar surface area (TPSA) is 41.6 Å². The number of carbonyl (C=O) groups excluding carboxylic acids is 1. The van der Waals surface area contributed by atoms with E-state index in [1.54, 1.807) is 7.11 Å². The smallest absolute Gasteiger partial charge is 0.241 e. The van der Waals surface area contributed by atoms with Gasteiger partial charge in [0.25, 0.3) is 0 Å². The van der Waals surface area contributed by atoms with Gasteiger partial charge < -0.3 is 15.0 Å². The minimum Gasteiger partial charge on any atom is -0.497 e. The first-order valence-corrected chi connectivity index (χ1v) is 8.70. The average molecular weight is 306 g/mol. The van der Waals surface area contributed by atoms with Crippen molar-refractivity contribution in [3.05, 3.63) is 29.8 Å². The number of likely N-dealkylation sites (tertiary alicyclic amines) is 1. The minimum absolute atomic E-state index is 0.0186. The van der Waals surface area contributed by atoms with Gasteiger partial charge in [0.15, 0.2) is 0 Å². The molecule has 0 aliphatic carbocycles. The molecule has 1 amide bonds. The van der Waals surface area contributed by atoms with Gasteiger partial charge in [0.2, 0.25) is 5.91 Å². The quantitative estimate of drug-likeness (QED) is 0.928. The third kappa shape index (κ3) is 3.19. The summed E-state index contributed by atoms with van der Waals surface area (Å²) in [7, 11) is 1.68. The Kier molecular flexibility index (Phi) is 4.70. The maximum absolute atomic E-state index is 12.8. The molecule has 2 fully saturated rings. The van der Waals surface area contributed by atoms with Crippen molar-refractivity contribution in [2.75, 3.05) is 31.7 Å². The lowest BCUT2D eigenvalue weighted by molar-refractivity contribution is -0.133. The molecule has 21 heavy (non-hydrogen) atoms. The highest BCUT2D eigenvalue weighted by Crippen LogP contribution is 2.34. The van der Waals surface area contributed by atoms with E-state index < -0.39 is 0 Å². The zero-order chi connectivity index (χ0) is 14.7. The van der Waals surface area contributed by atoms with E-state index >= 15 is 0 Å². The van der Waals surface area contributed by atoms with E-state index in [0.29, 0.717) is 0 Å². The molecule has 2 heterocycles. The van der Waals surface area contributed by atoms with E-state index in [1.807, 2.05) is 23.9 Å². The highest BCUT2D eigenvalue weighted by atomic mass is 32.2. The molecule has 2 atom stereocenters. The van der Waals surface area contributed by atoms with Gasteiger partial charge in [-0.15, -0.1) is 0 Å². The summed E-state index contributed by atoms with van der Waals surface area (Å²) in [6, 6.07) is 8.28. The fourth-order valence-electron chi connectivity index (χ4n) is 3.15. The molecule has 2 aliphatic rings. The number of benzene rings is 1. The van der Waals surface area contributed by atoms with Gasteiger partial charge >= 0.3 is 0 Å². The fraction of sp³-hybridized carbons (Fsp3) is 0.562. The van der Waals surface area contributed by atoms with E-state index in [9.17, 15) is 4.79 Å². The Bertz CT molecular complexity index is 503. The van der Waals surface area contributed by atoms with Crippen LogP contribution >= 0.6 is 11.8 Å². The van der Waals surface area contributed by atoms with Crippen molar-refractivity contribution in [3.8, 4) is 5.75 Å². The van der Waals surface area contributed by atoms with Crippen LogP contribution in [-0.4, -0.2) is 48.6 Å². The Morgan fingerprint density at radius 2 is 2.38 bits per heavy atom. The first-order valence-electron chi connectivity index (χ1n) is 7.55. The second kappa shape index (κ2) is 6.71. The molecule has 0 radical (unpaired) electrons. The van der Waals surface area contributed by atoms with Crippen LogP contribution in [0.25, 0.3) is 0 Å². The van der Waals surface area contributed by atoms with Crippen LogP contribution in [0.1, 0.15) is 24.4 Å². The summed E-state index contributed by atoms with van der Waals surface area (Å²) in [6.07, 6.45) is 2.12. The Labute approximate surface area is 130 Å². The van der Waals surface area contributed by atoms with Gasteiger partial charge in [-0.25, -0.2) is 0 Å². The summed E-state index contributed by atoms with van der Waals surface area (Å²) in [5, 5.41) is 3.35. The maximum Gasteiger partial charge on any atom is 0.241 e. The molecule has 1 aromatic carbocycles. The highest BCUT2D eigenvalue weighted by Gasteiger charge is 2.34. The van der Waals surface area contributed by atoms with Gasteiger partial charge in [0.05, 0.1) is 19.2 Å². The molecule has 1 aromatic rings. The van der Waals surface area contributed by atoms with Gasteiger partial charge in [0, 0.05) is 24.6 Å². The lowest BCUT2D eigenvalue weighted by atomic mass is 10.0. The molecule has 5 heteroatoms. The van der Waals surface area contributed by atoms with Gasteiger partial charge in [-0.3, -0.25) is 4.79 Å². The Balaban J connectivity index is 1.76. The highest BCUT2D eigenvalue weighted by molar-refractivity contribution is 7.99. The fourth-order valence-corrected chi connectivity index (χ4v) is 4.08. The van der Waals surface area contributed by atoms with Crippen molar-refractivity contribution in [2.24, 2.45) is 0 Å². The zero-order valence-electron chi connectivity index (χ0n) is 12.4. The lowest BCUT2D eigenvalue weighted by Gasteiger charge is -2.31. The molecule has 0 spiro atoms. The number of amides is 1. The van der Waals surface area contributed by atoms with Gasteiger partial charge in [-0.1, -0.05) is 12.1 Å². The van der Waals surface area contributed by atoms with Crippen molar-refractivity contribution in [1.29, 1.82) is 0 Å². The number of rotatable bonds is 3. The van der Waals surface area contributed by atoms with Gasteiger partial charge in [-0.05, 0) is 30.5 Å². The van der Waals surface area contributed by atoms with Crippen LogP contribution in [0.3, 0.4) is 0 Å². The molecule has 0 saturated carbocycles. The van der Waals surface area contributed by atoms with Crippen LogP contribution in [0.4, 0.5) is 0 Å². The molecular formula is C16H22N2O2S. The van der Waals surface area contributed by atoms with Crippen molar-refractivity contribution in [3.63, 3.8) is 0 Å². The first kappa shape index (κ1) is 14.7. The number of thioether (sulfide) groups is 1. The normalized spacial score (nSPS) is 25.9. The molecule has 3 rings (SSSR count). The van der Waals surface area contributed by atoms with E-state index in [4.69, 9.17) is 4.74 Å². The number of carbonyl (C=O) groups is 1. The number of ether oxygens (including phenoxy) is 1. The van der Waals surface area contributed by atoms with Crippen LogP contribution in [-0.2, 0) is 4.79 Å². The summed E-state index contributed by atoms with van der Waals surface area (Å²) >= 11 is 1.86. The number of methoxy groups -OCH3 is 1. The molecule has 2 saturated heterocycles. The number of hydrogen-bond acceptors (Lipinski definition) is 4. The van der Waals surface area contributed by atoms with Crippen LogP contribution in [0.2, 0.25) is 0 Å². The summed E-state index contributed by atoms with van der Waals surface area (Å²) in [5.74, 6) is 3.11. The van der Waals surface area contributed by atoms with Gasteiger partial charge in [0.1, 0.15) is 5.75 Å². The molecule has 4 nitrogen and oxygen atoms in total. The SMILES string of the molecule is COc1cccc(C2CCCN2C(=O)C2CSCCN2)c1. The predicted octanol–water partition coefficient (Wildman–Crippen LogP) is 2.06. The monoisotopic (exact) mass is 306 g/mol. The number of nitrogens with one attached hydrogen (secondary N) is 1. The molecule has 114 valence electrons. The summed E-state index contributed by atoms with van der Waals surface area (Å²) in [4.78, 5) is 14.8. The van der Waals surface area contributed by atoms with Crippen LogP contribution in [0.15, 0.2) is 24.3 Å².